The normalized spacial score (nSPS) is 10.5. The SMILES string of the molecule is CCCCN(CC)C(=O)c1ccc(-n2cccn2)cc1. The van der Waals surface area contributed by atoms with E-state index in [0.29, 0.717) is 0 Å². The van der Waals surface area contributed by atoms with Gasteiger partial charge in [-0.15, -0.1) is 0 Å². The average molecular weight is 271 g/mol. The molecule has 0 saturated carbocycles. The molecule has 0 N–H and O–H groups in total. The maximum Gasteiger partial charge on any atom is 0.253 e. The second-order valence-corrected chi connectivity index (χ2v) is 4.74. The maximum atomic E-state index is 12.4. The van der Waals surface area contributed by atoms with Gasteiger partial charge in [-0.1, -0.05) is 13.3 Å². The molecule has 4 nitrogen and oxygen atoms in total. The van der Waals surface area contributed by atoms with Crippen LogP contribution in [0.2, 0.25) is 0 Å². The highest BCUT2D eigenvalue weighted by Crippen LogP contribution is 2.11. The van der Waals surface area contributed by atoms with Crippen LogP contribution in [-0.2, 0) is 0 Å². The number of benzene rings is 1. The summed E-state index contributed by atoms with van der Waals surface area (Å²) in [6.07, 6.45) is 5.77. The Hall–Kier alpha value is -2.10. The summed E-state index contributed by atoms with van der Waals surface area (Å²) >= 11 is 0. The molecule has 2 aromatic rings. The van der Waals surface area contributed by atoms with Gasteiger partial charge in [0.05, 0.1) is 5.69 Å². The third kappa shape index (κ3) is 3.26. The first-order chi connectivity index (χ1) is 9.76. The lowest BCUT2D eigenvalue weighted by Gasteiger charge is -2.20. The molecule has 0 unspecified atom stereocenters. The van der Waals surface area contributed by atoms with Crippen molar-refractivity contribution in [2.75, 3.05) is 13.1 Å². The van der Waals surface area contributed by atoms with Crippen molar-refractivity contribution in [3.63, 3.8) is 0 Å². The molecule has 0 fully saturated rings. The largest absolute Gasteiger partial charge is 0.339 e. The molecule has 0 radical (unpaired) electrons. The Bertz CT molecular complexity index is 531. The van der Waals surface area contributed by atoms with E-state index in [1.54, 1.807) is 10.9 Å². The van der Waals surface area contributed by atoms with Crippen LogP contribution >= 0.6 is 0 Å². The number of carbonyl (C=O) groups is 1. The zero-order chi connectivity index (χ0) is 14.4. The fraction of sp³-hybridized carbons (Fsp3) is 0.375. The predicted molar refractivity (Wildman–Crippen MR) is 80.0 cm³/mol. The summed E-state index contributed by atoms with van der Waals surface area (Å²) in [5, 5.41) is 4.17. The zero-order valence-corrected chi connectivity index (χ0v) is 12.1. The summed E-state index contributed by atoms with van der Waals surface area (Å²) in [6, 6.07) is 9.46. The average Bonchev–Trinajstić information content (AvgIpc) is 3.02. The van der Waals surface area contributed by atoms with E-state index in [9.17, 15) is 4.79 Å². The fourth-order valence-electron chi connectivity index (χ4n) is 2.11. The van der Waals surface area contributed by atoms with Gasteiger partial charge >= 0.3 is 0 Å². The molecule has 0 atom stereocenters. The zero-order valence-electron chi connectivity index (χ0n) is 12.1. The molecule has 0 aliphatic carbocycles. The molecule has 0 spiro atoms. The van der Waals surface area contributed by atoms with Crippen molar-refractivity contribution in [3.05, 3.63) is 48.3 Å². The molecule has 1 heterocycles. The third-order valence-electron chi connectivity index (χ3n) is 3.33. The van der Waals surface area contributed by atoms with Crippen LogP contribution in [0.15, 0.2) is 42.7 Å². The summed E-state index contributed by atoms with van der Waals surface area (Å²) in [7, 11) is 0. The Labute approximate surface area is 120 Å². The number of carbonyl (C=O) groups excluding carboxylic acids is 1. The number of hydrogen-bond acceptors (Lipinski definition) is 2. The summed E-state index contributed by atoms with van der Waals surface area (Å²) in [5.74, 6) is 0.105. The van der Waals surface area contributed by atoms with Gasteiger partial charge in [0.2, 0.25) is 0 Å². The number of nitrogens with zero attached hydrogens (tertiary/aromatic N) is 3. The number of unbranched alkanes of at least 4 members (excludes halogenated alkanes) is 1. The highest BCUT2D eigenvalue weighted by molar-refractivity contribution is 5.94. The number of amides is 1. The van der Waals surface area contributed by atoms with Gasteiger partial charge in [0, 0.05) is 31.0 Å². The van der Waals surface area contributed by atoms with Crippen LogP contribution in [0.1, 0.15) is 37.0 Å². The quantitative estimate of drug-likeness (QED) is 0.809. The molecule has 106 valence electrons. The monoisotopic (exact) mass is 271 g/mol. The summed E-state index contributed by atoms with van der Waals surface area (Å²) in [5.41, 5.74) is 1.70. The Morgan fingerprint density at radius 2 is 2.00 bits per heavy atom. The Kier molecular flexibility index (Phi) is 4.93. The van der Waals surface area contributed by atoms with Crippen molar-refractivity contribution in [1.29, 1.82) is 0 Å². The van der Waals surface area contributed by atoms with Gasteiger partial charge in [-0.3, -0.25) is 4.79 Å². The molecule has 0 aliphatic rings. The maximum absolute atomic E-state index is 12.4. The smallest absolute Gasteiger partial charge is 0.253 e. The minimum absolute atomic E-state index is 0.105. The van der Waals surface area contributed by atoms with Gasteiger partial charge in [-0.05, 0) is 43.7 Å². The van der Waals surface area contributed by atoms with Crippen LogP contribution in [-0.4, -0.2) is 33.7 Å². The highest BCUT2D eigenvalue weighted by Gasteiger charge is 2.13. The van der Waals surface area contributed by atoms with Gasteiger partial charge in [0.15, 0.2) is 0 Å². The van der Waals surface area contributed by atoms with Crippen molar-refractivity contribution in [3.8, 4) is 5.69 Å². The van der Waals surface area contributed by atoms with E-state index < -0.39 is 0 Å². The summed E-state index contributed by atoms with van der Waals surface area (Å²) < 4.78 is 1.78. The second kappa shape index (κ2) is 6.89. The number of hydrogen-bond donors (Lipinski definition) is 0. The lowest BCUT2D eigenvalue weighted by atomic mass is 10.1. The highest BCUT2D eigenvalue weighted by atomic mass is 16.2. The third-order valence-corrected chi connectivity index (χ3v) is 3.33. The molecule has 0 bridgehead atoms. The molecule has 1 aromatic carbocycles. The van der Waals surface area contributed by atoms with E-state index in [4.69, 9.17) is 0 Å². The minimum atomic E-state index is 0.105. The number of aromatic nitrogens is 2. The predicted octanol–water partition coefficient (Wildman–Crippen LogP) is 3.13. The van der Waals surface area contributed by atoms with Crippen molar-refractivity contribution < 1.29 is 4.79 Å². The van der Waals surface area contributed by atoms with E-state index in [1.807, 2.05) is 48.4 Å². The van der Waals surface area contributed by atoms with Crippen LogP contribution in [0, 0.1) is 0 Å². The van der Waals surface area contributed by atoms with Gasteiger partial charge < -0.3 is 4.90 Å². The van der Waals surface area contributed by atoms with Crippen LogP contribution in [0.5, 0.6) is 0 Å². The van der Waals surface area contributed by atoms with E-state index in [2.05, 4.69) is 12.0 Å². The molecular formula is C16H21N3O. The fourth-order valence-corrected chi connectivity index (χ4v) is 2.11. The van der Waals surface area contributed by atoms with Gasteiger partial charge in [0.25, 0.3) is 5.91 Å². The molecule has 2 rings (SSSR count). The van der Waals surface area contributed by atoms with Crippen LogP contribution < -0.4 is 0 Å². The standard InChI is InChI=1S/C16H21N3O/c1-3-5-12-18(4-2)16(20)14-7-9-15(10-8-14)19-13-6-11-17-19/h6-11,13H,3-5,12H2,1-2H3. The molecule has 1 aromatic heterocycles. The van der Waals surface area contributed by atoms with E-state index >= 15 is 0 Å². The van der Waals surface area contributed by atoms with Crippen molar-refractivity contribution >= 4 is 5.91 Å². The first-order valence-corrected chi connectivity index (χ1v) is 7.15. The lowest BCUT2D eigenvalue weighted by molar-refractivity contribution is 0.0762. The second-order valence-electron chi connectivity index (χ2n) is 4.74. The lowest BCUT2D eigenvalue weighted by Crippen LogP contribution is -2.31. The Morgan fingerprint density at radius 3 is 2.55 bits per heavy atom. The van der Waals surface area contributed by atoms with E-state index in [1.165, 1.54) is 0 Å². The summed E-state index contributed by atoms with van der Waals surface area (Å²) in [4.78, 5) is 14.3. The van der Waals surface area contributed by atoms with Gasteiger partial charge in [-0.2, -0.15) is 5.10 Å². The van der Waals surface area contributed by atoms with Crippen LogP contribution in [0.3, 0.4) is 0 Å². The van der Waals surface area contributed by atoms with Crippen LogP contribution in [0.4, 0.5) is 0 Å². The van der Waals surface area contributed by atoms with E-state index in [0.717, 1.165) is 37.2 Å². The van der Waals surface area contributed by atoms with Gasteiger partial charge in [-0.25, -0.2) is 4.68 Å². The first kappa shape index (κ1) is 14.3. The van der Waals surface area contributed by atoms with E-state index in [-0.39, 0.29) is 5.91 Å². The molecule has 0 saturated heterocycles. The molecule has 1 amide bonds. The molecular weight excluding hydrogens is 250 g/mol. The van der Waals surface area contributed by atoms with Crippen molar-refractivity contribution in [2.24, 2.45) is 0 Å². The minimum Gasteiger partial charge on any atom is -0.339 e. The molecule has 4 heteroatoms. The first-order valence-electron chi connectivity index (χ1n) is 7.15. The van der Waals surface area contributed by atoms with Crippen molar-refractivity contribution in [2.45, 2.75) is 26.7 Å². The summed E-state index contributed by atoms with van der Waals surface area (Å²) in [6.45, 7) is 5.73. The van der Waals surface area contributed by atoms with Crippen LogP contribution in [0.25, 0.3) is 5.69 Å². The topological polar surface area (TPSA) is 38.1 Å². The Balaban J connectivity index is 2.10. The molecule has 20 heavy (non-hydrogen) atoms. The van der Waals surface area contributed by atoms with Gasteiger partial charge in [0.1, 0.15) is 0 Å². The number of rotatable bonds is 6. The molecule has 0 aliphatic heterocycles. The Morgan fingerprint density at radius 1 is 1.25 bits per heavy atom. The van der Waals surface area contributed by atoms with Crippen molar-refractivity contribution in [1.82, 2.24) is 14.7 Å².